The molecule has 3 fully saturated rings. The van der Waals surface area contributed by atoms with Crippen LogP contribution >= 0.6 is 11.3 Å². The first-order valence-corrected chi connectivity index (χ1v) is 12.2. The fraction of sp³-hybridized carbons (Fsp3) is 0.500. The Morgan fingerprint density at radius 1 is 1.06 bits per heavy atom. The molecule has 3 heterocycles. The Kier molecular flexibility index (Phi) is 5.71. The molecule has 1 aliphatic carbocycles. The topological polar surface area (TPSA) is 55.9 Å². The molecule has 0 radical (unpaired) electrons. The molecule has 1 atom stereocenters. The molecule has 1 N–H and O–H groups in total. The number of amides is 2. The Hall–Kier alpha value is -2.38. The van der Waals surface area contributed by atoms with Crippen LogP contribution in [-0.4, -0.2) is 61.4 Å². The van der Waals surface area contributed by atoms with Gasteiger partial charge in [0, 0.05) is 49.2 Å². The number of carbonyl (C=O) groups excluding carboxylic acids is 2. The number of benzene rings is 1. The first-order valence-electron chi connectivity index (χ1n) is 11.3. The Morgan fingerprint density at radius 2 is 1.87 bits per heavy atom. The van der Waals surface area contributed by atoms with E-state index in [1.165, 1.54) is 4.88 Å². The predicted molar refractivity (Wildman–Crippen MR) is 125 cm³/mol. The number of piperazine rings is 1. The van der Waals surface area contributed by atoms with E-state index >= 15 is 0 Å². The molecule has 2 saturated heterocycles. The lowest BCUT2D eigenvalue weighted by atomic mass is 10.0. The summed E-state index contributed by atoms with van der Waals surface area (Å²) in [6, 6.07) is 10.1. The van der Waals surface area contributed by atoms with Crippen molar-refractivity contribution >= 4 is 34.5 Å². The number of anilines is 2. The van der Waals surface area contributed by atoms with Gasteiger partial charge in [-0.3, -0.25) is 9.59 Å². The average Bonchev–Trinajstić information content (AvgIpc) is 3.24. The van der Waals surface area contributed by atoms with Gasteiger partial charge in [-0.2, -0.15) is 0 Å². The van der Waals surface area contributed by atoms with Crippen LogP contribution in [0.3, 0.4) is 0 Å². The first-order chi connectivity index (χ1) is 15.1. The van der Waals surface area contributed by atoms with Gasteiger partial charge in [-0.05, 0) is 62.4 Å². The Bertz CT molecular complexity index is 950. The second kappa shape index (κ2) is 8.63. The fourth-order valence-electron chi connectivity index (χ4n) is 4.64. The maximum atomic E-state index is 13.8. The first kappa shape index (κ1) is 20.5. The molecule has 164 valence electrons. The molecule has 0 spiro atoms. The van der Waals surface area contributed by atoms with Gasteiger partial charge in [0.1, 0.15) is 0 Å². The third kappa shape index (κ3) is 4.34. The van der Waals surface area contributed by atoms with Crippen LogP contribution in [0.15, 0.2) is 35.7 Å². The highest BCUT2D eigenvalue weighted by molar-refractivity contribution is 7.10. The monoisotopic (exact) mass is 438 g/mol. The second-order valence-corrected chi connectivity index (χ2v) is 9.96. The molecular weight excluding hydrogens is 408 g/mol. The Balaban J connectivity index is 1.45. The zero-order chi connectivity index (χ0) is 21.4. The van der Waals surface area contributed by atoms with Crippen molar-refractivity contribution in [3.63, 3.8) is 0 Å². The van der Waals surface area contributed by atoms with Crippen LogP contribution in [0.4, 0.5) is 11.4 Å². The molecule has 7 heteroatoms. The van der Waals surface area contributed by atoms with Gasteiger partial charge in [0.15, 0.2) is 0 Å². The zero-order valence-corrected chi connectivity index (χ0v) is 18.9. The normalized spacial score (nSPS) is 22.0. The van der Waals surface area contributed by atoms with Crippen molar-refractivity contribution in [2.75, 3.05) is 50.0 Å². The summed E-state index contributed by atoms with van der Waals surface area (Å²) in [5.74, 6) is 0.352. The van der Waals surface area contributed by atoms with Gasteiger partial charge in [-0.1, -0.05) is 6.07 Å². The molecule has 0 bridgehead atoms. The van der Waals surface area contributed by atoms with Crippen molar-refractivity contribution in [2.45, 2.75) is 31.7 Å². The van der Waals surface area contributed by atoms with Crippen molar-refractivity contribution in [1.82, 2.24) is 9.80 Å². The molecule has 2 amide bonds. The lowest BCUT2D eigenvalue weighted by molar-refractivity contribution is -0.117. The minimum atomic E-state index is 0.0759. The third-order valence-electron chi connectivity index (χ3n) is 6.61. The highest BCUT2D eigenvalue weighted by atomic mass is 32.1. The summed E-state index contributed by atoms with van der Waals surface area (Å²) in [6.07, 6.45) is 4.24. The predicted octanol–water partition coefficient (Wildman–Crippen LogP) is 3.83. The number of rotatable bonds is 5. The summed E-state index contributed by atoms with van der Waals surface area (Å²) >= 11 is 1.72. The number of hydrogen-bond acceptors (Lipinski definition) is 5. The standard InChI is InChI=1S/C24H30N4O2S/c1-26-12-13-28(21(16-26)22-5-4-14-31-22)24(30)19-9-8-18(25-23(29)17-6-7-17)15-20(19)27-10-2-3-11-27/h4-5,8-9,14-15,17,21H,2-3,6-7,10-13,16H2,1H3,(H,25,29). The van der Waals surface area contributed by atoms with Gasteiger partial charge < -0.3 is 20.0 Å². The number of thiophene rings is 1. The van der Waals surface area contributed by atoms with Crippen LogP contribution in [0.5, 0.6) is 0 Å². The molecule has 1 unspecified atom stereocenters. The largest absolute Gasteiger partial charge is 0.371 e. The Morgan fingerprint density at radius 3 is 2.58 bits per heavy atom. The van der Waals surface area contributed by atoms with Crippen LogP contribution in [-0.2, 0) is 4.79 Å². The third-order valence-corrected chi connectivity index (χ3v) is 7.58. The maximum Gasteiger partial charge on any atom is 0.256 e. The minimum absolute atomic E-state index is 0.0759. The molecule has 5 rings (SSSR count). The lowest BCUT2D eigenvalue weighted by Crippen LogP contribution is -2.49. The number of hydrogen-bond donors (Lipinski definition) is 1. The van der Waals surface area contributed by atoms with Crippen molar-refractivity contribution in [2.24, 2.45) is 5.92 Å². The van der Waals surface area contributed by atoms with E-state index < -0.39 is 0 Å². The van der Waals surface area contributed by atoms with Crippen LogP contribution < -0.4 is 10.2 Å². The smallest absolute Gasteiger partial charge is 0.256 e. The summed E-state index contributed by atoms with van der Waals surface area (Å²) in [6.45, 7) is 4.36. The van der Waals surface area contributed by atoms with Crippen molar-refractivity contribution in [3.8, 4) is 0 Å². The van der Waals surface area contributed by atoms with Gasteiger partial charge in [-0.15, -0.1) is 11.3 Å². The second-order valence-electron chi connectivity index (χ2n) is 8.98. The van der Waals surface area contributed by atoms with E-state index in [-0.39, 0.29) is 23.8 Å². The fourth-order valence-corrected chi connectivity index (χ4v) is 5.47. The van der Waals surface area contributed by atoms with Crippen LogP contribution in [0.25, 0.3) is 0 Å². The van der Waals surface area contributed by atoms with Gasteiger partial charge >= 0.3 is 0 Å². The summed E-state index contributed by atoms with van der Waals surface area (Å²) in [7, 11) is 2.12. The quantitative estimate of drug-likeness (QED) is 0.771. The van der Waals surface area contributed by atoms with Gasteiger partial charge in [0.05, 0.1) is 17.3 Å². The average molecular weight is 439 g/mol. The van der Waals surface area contributed by atoms with Crippen molar-refractivity contribution < 1.29 is 9.59 Å². The van der Waals surface area contributed by atoms with Crippen molar-refractivity contribution in [1.29, 1.82) is 0 Å². The lowest BCUT2D eigenvalue weighted by Gasteiger charge is -2.40. The molecule has 31 heavy (non-hydrogen) atoms. The van der Waals surface area contributed by atoms with Crippen LogP contribution in [0, 0.1) is 5.92 Å². The maximum absolute atomic E-state index is 13.8. The zero-order valence-electron chi connectivity index (χ0n) is 18.0. The number of nitrogens with zero attached hydrogens (tertiary/aromatic N) is 3. The summed E-state index contributed by atoms with van der Waals surface area (Å²) in [5.41, 5.74) is 2.50. The molecule has 1 aromatic heterocycles. The number of carbonyl (C=O) groups is 2. The van der Waals surface area contributed by atoms with Crippen LogP contribution in [0.2, 0.25) is 0 Å². The van der Waals surface area contributed by atoms with Crippen molar-refractivity contribution in [3.05, 3.63) is 46.2 Å². The summed E-state index contributed by atoms with van der Waals surface area (Å²) in [4.78, 5) is 34.0. The van der Waals surface area contributed by atoms with E-state index in [1.54, 1.807) is 11.3 Å². The minimum Gasteiger partial charge on any atom is -0.371 e. The van der Waals surface area contributed by atoms with E-state index in [4.69, 9.17) is 0 Å². The van der Waals surface area contributed by atoms with E-state index in [0.29, 0.717) is 0 Å². The molecule has 2 aliphatic heterocycles. The summed E-state index contributed by atoms with van der Waals surface area (Å²) in [5, 5.41) is 5.14. The Labute approximate surface area is 187 Å². The highest BCUT2D eigenvalue weighted by Gasteiger charge is 2.34. The van der Waals surface area contributed by atoms with E-state index in [1.807, 2.05) is 23.1 Å². The van der Waals surface area contributed by atoms with Crippen LogP contribution in [0.1, 0.15) is 47.0 Å². The van der Waals surface area contributed by atoms with Gasteiger partial charge in [-0.25, -0.2) is 0 Å². The molecule has 1 aromatic carbocycles. The van der Waals surface area contributed by atoms with Gasteiger partial charge in [0.25, 0.3) is 5.91 Å². The molecule has 3 aliphatic rings. The number of nitrogens with one attached hydrogen (secondary N) is 1. The van der Waals surface area contributed by atoms with E-state index in [9.17, 15) is 9.59 Å². The van der Waals surface area contributed by atoms with E-state index in [0.717, 1.165) is 75.3 Å². The van der Waals surface area contributed by atoms with Gasteiger partial charge in [0.2, 0.25) is 5.91 Å². The molecular formula is C24H30N4O2S. The highest BCUT2D eigenvalue weighted by Crippen LogP contribution is 2.35. The summed E-state index contributed by atoms with van der Waals surface area (Å²) < 4.78 is 0. The molecule has 2 aromatic rings. The SMILES string of the molecule is CN1CCN(C(=O)c2ccc(NC(=O)C3CC3)cc2N2CCCC2)C(c2cccs2)C1. The van der Waals surface area contributed by atoms with E-state index in [2.05, 4.69) is 39.7 Å². The molecule has 1 saturated carbocycles. The molecule has 6 nitrogen and oxygen atoms in total. The number of likely N-dealkylation sites (N-methyl/N-ethyl adjacent to an activating group) is 1.